The number of nitrogens with one attached hydrogen (secondary N) is 1. The highest BCUT2D eigenvalue weighted by atomic mass is 16.5. The van der Waals surface area contributed by atoms with E-state index >= 15 is 0 Å². The fourth-order valence-electron chi connectivity index (χ4n) is 4.91. The first-order valence-electron chi connectivity index (χ1n) is 11.7. The second-order valence-electron chi connectivity index (χ2n) is 8.98. The lowest BCUT2D eigenvalue weighted by Gasteiger charge is -2.44. The van der Waals surface area contributed by atoms with E-state index in [0.29, 0.717) is 13.0 Å². The van der Waals surface area contributed by atoms with E-state index in [0.717, 1.165) is 11.1 Å². The number of fused-ring (bicyclic) bond motifs is 2. The van der Waals surface area contributed by atoms with E-state index in [-0.39, 0.29) is 36.3 Å². The smallest absolute Gasteiger partial charge is 0.276 e. The Morgan fingerprint density at radius 1 is 1.09 bits per heavy atom. The summed E-state index contributed by atoms with van der Waals surface area (Å²) in [5, 5.41) is 13.5. The van der Waals surface area contributed by atoms with Gasteiger partial charge >= 0.3 is 0 Å². The summed E-state index contributed by atoms with van der Waals surface area (Å²) >= 11 is 0. The summed E-state index contributed by atoms with van der Waals surface area (Å²) < 4.78 is 7.21. The molecule has 8 nitrogen and oxygen atoms in total. The molecule has 0 radical (unpaired) electrons. The zero-order valence-corrected chi connectivity index (χ0v) is 19.4. The maximum absolute atomic E-state index is 13.1. The van der Waals surface area contributed by atoms with E-state index in [1.807, 2.05) is 67.6 Å². The fraction of sp³-hybridized carbons (Fsp3) is 0.296. The summed E-state index contributed by atoms with van der Waals surface area (Å²) in [5.41, 5.74) is 0.876. The van der Waals surface area contributed by atoms with Crippen LogP contribution in [0.25, 0.3) is 0 Å². The molecule has 8 heteroatoms. The molecule has 1 saturated heterocycles. The topological polar surface area (TPSA) is 101 Å². The molecule has 0 bridgehead atoms. The standard InChI is InChI=1S/C27H27N3O5/c1-17-12-13-35-22-16-29-15-21(24(31)25(32)23(29)27(34)30(17)22)26(33)28-14-20(18-8-4-2-5-9-18)19-10-6-3-7-11-19/h2-11,15,17,20,22,32H,12-14,16H2,1H3,(H,28,33). The largest absolute Gasteiger partial charge is 0.503 e. The Morgan fingerprint density at radius 2 is 1.71 bits per heavy atom. The summed E-state index contributed by atoms with van der Waals surface area (Å²) in [6.45, 7) is 2.92. The van der Waals surface area contributed by atoms with Gasteiger partial charge in [-0.25, -0.2) is 0 Å². The zero-order valence-electron chi connectivity index (χ0n) is 19.4. The molecule has 0 saturated carbocycles. The van der Waals surface area contributed by atoms with Gasteiger partial charge in [0, 0.05) is 24.7 Å². The highest BCUT2D eigenvalue weighted by Crippen LogP contribution is 2.29. The summed E-state index contributed by atoms with van der Waals surface area (Å²) in [6, 6.07) is 19.5. The molecule has 2 amide bonds. The third-order valence-corrected chi connectivity index (χ3v) is 6.79. The van der Waals surface area contributed by atoms with E-state index in [1.165, 1.54) is 10.8 Å². The Morgan fingerprint density at radius 3 is 2.34 bits per heavy atom. The molecule has 1 fully saturated rings. The molecule has 35 heavy (non-hydrogen) atoms. The molecule has 0 spiro atoms. The molecule has 2 aromatic carbocycles. The second kappa shape index (κ2) is 9.38. The molecule has 2 N–H and O–H groups in total. The van der Waals surface area contributed by atoms with Crippen LogP contribution in [0.3, 0.4) is 0 Å². The van der Waals surface area contributed by atoms with Gasteiger partial charge in [-0.2, -0.15) is 0 Å². The molecule has 3 aromatic rings. The number of aromatic nitrogens is 1. The van der Waals surface area contributed by atoms with E-state index in [4.69, 9.17) is 4.74 Å². The van der Waals surface area contributed by atoms with E-state index in [1.54, 1.807) is 4.90 Å². The number of hydrogen-bond donors (Lipinski definition) is 2. The summed E-state index contributed by atoms with van der Waals surface area (Å²) in [6.07, 6.45) is 1.53. The number of hydrogen-bond acceptors (Lipinski definition) is 5. The monoisotopic (exact) mass is 473 g/mol. The van der Waals surface area contributed by atoms with Crippen LogP contribution in [0.2, 0.25) is 0 Å². The van der Waals surface area contributed by atoms with Crippen molar-refractivity contribution in [1.82, 2.24) is 14.8 Å². The normalized spacial score (nSPS) is 19.3. The van der Waals surface area contributed by atoms with E-state index in [9.17, 15) is 19.5 Å². The lowest BCUT2D eigenvalue weighted by Crippen LogP contribution is -2.57. The maximum Gasteiger partial charge on any atom is 0.276 e. The molecule has 0 aliphatic carbocycles. The van der Waals surface area contributed by atoms with Crippen LogP contribution in [0, 0.1) is 0 Å². The Hall–Kier alpha value is -3.91. The van der Waals surface area contributed by atoms with Crippen molar-refractivity contribution in [1.29, 1.82) is 0 Å². The van der Waals surface area contributed by atoms with E-state index < -0.39 is 29.2 Å². The molecule has 180 valence electrons. The third kappa shape index (κ3) is 4.21. The van der Waals surface area contributed by atoms with Gasteiger partial charge in [-0.15, -0.1) is 0 Å². The lowest BCUT2D eigenvalue weighted by atomic mass is 9.91. The number of pyridine rings is 1. The van der Waals surface area contributed by atoms with Crippen molar-refractivity contribution in [3.63, 3.8) is 0 Å². The Bertz CT molecular complexity index is 1270. The molecule has 2 unspecified atom stereocenters. The summed E-state index contributed by atoms with van der Waals surface area (Å²) in [5.74, 6) is -1.90. The highest BCUT2D eigenvalue weighted by molar-refractivity contribution is 5.99. The van der Waals surface area contributed by atoms with Gasteiger partial charge in [0.25, 0.3) is 11.8 Å². The number of ether oxygens (including phenoxy) is 1. The van der Waals surface area contributed by atoms with Crippen LogP contribution >= 0.6 is 0 Å². The molecule has 2 aliphatic rings. The fourth-order valence-corrected chi connectivity index (χ4v) is 4.91. The van der Waals surface area contributed by atoms with Crippen molar-refractivity contribution in [2.24, 2.45) is 0 Å². The Labute approximate surface area is 202 Å². The van der Waals surface area contributed by atoms with Crippen molar-refractivity contribution in [2.45, 2.75) is 38.1 Å². The summed E-state index contributed by atoms with van der Waals surface area (Å²) in [4.78, 5) is 40.7. The number of amides is 2. The van der Waals surface area contributed by atoms with Crippen LogP contribution in [0.1, 0.15) is 51.2 Å². The van der Waals surface area contributed by atoms with Gasteiger partial charge in [-0.05, 0) is 24.5 Å². The van der Waals surface area contributed by atoms with Gasteiger partial charge in [0.15, 0.2) is 17.7 Å². The van der Waals surface area contributed by atoms with Gasteiger partial charge in [0.2, 0.25) is 5.43 Å². The second-order valence-corrected chi connectivity index (χ2v) is 8.98. The molecule has 2 atom stereocenters. The van der Waals surface area contributed by atoms with Crippen molar-refractivity contribution in [3.8, 4) is 5.75 Å². The minimum atomic E-state index is -0.859. The number of aromatic hydroxyl groups is 1. The summed E-state index contributed by atoms with van der Waals surface area (Å²) in [7, 11) is 0. The number of carbonyl (C=O) groups is 2. The van der Waals surface area contributed by atoms with Crippen LogP contribution in [-0.2, 0) is 11.3 Å². The van der Waals surface area contributed by atoms with Crippen molar-refractivity contribution < 1.29 is 19.4 Å². The highest BCUT2D eigenvalue weighted by Gasteiger charge is 2.41. The average molecular weight is 474 g/mol. The number of nitrogens with zero attached hydrogens (tertiary/aromatic N) is 2. The van der Waals surface area contributed by atoms with Crippen molar-refractivity contribution in [2.75, 3.05) is 13.2 Å². The third-order valence-electron chi connectivity index (χ3n) is 6.79. The minimum absolute atomic E-state index is 0.0691. The van der Waals surface area contributed by atoms with Crippen molar-refractivity contribution >= 4 is 11.8 Å². The predicted molar refractivity (Wildman–Crippen MR) is 129 cm³/mol. The van der Waals surface area contributed by atoms with Crippen LogP contribution in [0.15, 0.2) is 71.7 Å². The van der Waals surface area contributed by atoms with Crippen LogP contribution in [-0.4, -0.2) is 51.8 Å². The first kappa shape index (κ1) is 22.9. The Balaban J connectivity index is 1.43. The van der Waals surface area contributed by atoms with Gasteiger partial charge in [-0.1, -0.05) is 60.7 Å². The van der Waals surface area contributed by atoms with Crippen LogP contribution < -0.4 is 10.7 Å². The molecule has 2 aliphatic heterocycles. The van der Waals surface area contributed by atoms with Gasteiger partial charge in [-0.3, -0.25) is 14.4 Å². The van der Waals surface area contributed by atoms with Gasteiger partial charge in [0.05, 0.1) is 13.2 Å². The van der Waals surface area contributed by atoms with Crippen LogP contribution in [0.5, 0.6) is 5.75 Å². The SMILES string of the molecule is CC1CCOC2Cn3cc(C(=O)NCC(c4ccccc4)c4ccccc4)c(=O)c(O)c3C(=O)N12. The predicted octanol–water partition coefficient (Wildman–Crippen LogP) is 2.71. The van der Waals surface area contributed by atoms with E-state index in [2.05, 4.69) is 5.32 Å². The number of carbonyl (C=O) groups excluding carboxylic acids is 2. The number of benzene rings is 2. The number of rotatable bonds is 5. The Kier molecular flexibility index (Phi) is 6.13. The molecular formula is C27H27N3O5. The minimum Gasteiger partial charge on any atom is -0.503 e. The van der Waals surface area contributed by atoms with Crippen LogP contribution in [0.4, 0.5) is 0 Å². The van der Waals surface area contributed by atoms with Gasteiger partial charge < -0.3 is 24.6 Å². The quantitative estimate of drug-likeness (QED) is 0.594. The molecular weight excluding hydrogens is 446 g/mol. The average Bonchev–Trinajstić information content (AvgIpc) is 2.87. The zero-order chi connectivity index (χ0) is 24.5. The lowest BCUT2D eigenvalue weighted by molar-refractivity contribution is -0.112. The first-order valence-corrected chi connectivity index (χ1v) is 11.7. The van der Waals surface area contributed by atoms with Gasteiger partial charge in [0.1, 0.15) is 5.56 Å². The molecule has 1 aromatic heterocycles. The molecule has 5 rings (SSSR count). The first-order chi connectivity index (χ1) is 17.0. The van der Waals surface area contributed by atoms with Crippen molar-refractivity contribution in [3.05, 3.63) is 99.5 Å². The maximum atomic E-state index is 13.1. The molecule has 3 heterocycles.